The normalized spacial score (nSPS) is 10.8. The van der Waals surface area contributed by atoms with E-state index in [9.17, 15) is 4.79 Å². The highest BCUT2D eigenvalue weighted by molar-refractivity contribution is 5.92. The van der Waals surface area contributed by atoms with E-state index in [0.29, 0.717) is 12.3 Å². The summed E-state index contributed by atoms with van der Waals surface area (Å²) in [5.41, 5.74) is 3.31. The van der Waals surface area contributed by atoms with E-state index in [1.165, 1.54) is 5.56 Å². The number of rotatable bonds is 7. The highest BCUT2D eigenvalue weighted by Gasteiger charge is 2.08. The summed E-state index contributed by atoms with van der Waals surface area (Å²) in [6.07, 6.45) is 1.45. The molecule has 3 heteroatoms. The summed E-state index contributed by atoms with van der Waals surface area (Å²) in [4.78, 5) is 11.9. The quantitative estimate of drug-likeness (QED) is 0.741. The number of hydrogen-bond acceptors (Lipinski definition) is 2. The summed E-state index contributed by atoms with van der Waals surface area (Å²) in [5, 5.41) is 6.32. The van der Waals surface area contributed by atoms with Crippen LogP contribution in [0.25, 0.3) is 0 Å². The minimum Gasteiger partial charge on any atom is -0.326 e. The van der Waals surface area contributed by atoms with Crippen LogP contribution in [-0.2, 0) is 11.2 Å². The maximum Gasteiger partial charge on any atom is 0.225 e. The number of hydrogen-bond donors (Lipinski definition) is 2. The Morgan fingerprint density at radius 3 is 2.68 bits per heavy atom. The van der Waals surface area contributed by atoms with E-state index >= 15 is 0 Å². The minimum absolute atomic E-state index is 0.0836. The molecule has 0 aliphatic heterocycles. The van der Waals surface area contributed by atoms with Crippen LogP contribution in [-0.4, -0.2) is 19.0 Å². The first kappa shape index (κ1) is 15.7. The van der Waals surface area contributed by atoms with Gasteiger partial charge in [-0.2, -0.15) is 0 Å². The van der Waals surface area contributed by atoms with Gasteiger partial charge < -0.3 is 10.6 Å². The maximum atomic E-state index is 11.9. The molecule has 0 saturated carbocycles. The third-order valence-corrected chi connectivity index (χ3v) is 3.09. The highest BCUT2D eigenvalue weighted by atomic mass is 16.1. The molecular formula is C16H26N2O. The Hall–Kier alpha value is -1.35. The Balaban J connectivity index is 2.48. The predicted octanol–water partition coefficient (Wildman–Crippen LogP) is 3.13. The molecular weight excluding hydrogens is 236 g/mol. The van der Waals surface area contributed by atoms with Gasteiger partial charge in [-0.15, -0.1) is 0 Å². The number of benzene rings is 1. The van der Waals surface area contributed by atoms with Crippen molar-refractivity contribution in [3.8, 4) is 0 Å². The van der Waals surface area contributed by atoms with Crippen molar-refractivity contribution in [3.05, 3.63) is 29.3 Å². The van der Waals surface area contributed by atoms with E-state index in [1.54, 1.807) is 0 Å². The Morgan fingerprint density at radius 2 is 2.05 bits per heavy atom. The zero-order chi connectivity index (χ0) is 14.3. The van der Waals surface area contributed by atoms with Crippen molar-refractivity contribution < 1.29 is 4.79 Å². The first-order valence-electron chi connectivity index (χ1n) is 7.13. The van der Waals surface area contributed by atoms with Crippen molar-refractivity contribution in [2.24, 2.45) is 5.92 Å². The standard InChI is InChI=1S/C16H26N2O/c1-5-14-8-6-7-13(4)16(14)18-15(19)9-10-17-11-12(2)3/h6-8,12,17H,5,9-11H2,1-4H3,(H,18,19). The van der Waals surface area contributed by atoms with E-state index in [-0.39, 0.29) is 5.91 Å². The molecule has 0 unspecified atom stereocenters. The lowest BCUT2D eigenvalue weighted by Gasteiger charge is -2.13. The largest absolute Gasteiger partial charge is 0.326 e. The molecule has 0 heterocycles. The van der Waals surface area contributed by atoms with Crippen molar-refractivity contribution in [2.45, 2.75) is 40.5 Å². The zero-order valence-electron chi connectivity index (χ0n) is 12.5. The van der Waals surface area contributed by atoms with E-state index in [4.69, 9.17) is 0 Å². The van der Waals surface area contributed by atoms with Crippen LogP contribution in [0.3, 0.4) is 0 Å². The molecule has 1 aromatic carbocycles. The summed E-state index contributed by atoms with van der Waals surface area (Å²) in [7, 11) is 0. The lowest BCUT2D eigenvalue weighted by Crippen LogP contribution is -2.25. The van der Waals surface area contributed by atoms with E-state index < -0.39 is 0 Å². The zero-order valence-corrected chi connectivity index (χ0v) is 12.5. The van der Waals surface area contributed by atoms with Gasteiger partial charge in [0.25, 0.3) is 0 Å². The molecule has 0 aliphatic rings. The van der Waals surface area contributed by atoms with E-state index in [1.807, 2.05) is 19.1 Å². The third kappa shape index (κ3) is 5.43. The molecule has 106 valence electrons. The van der Waals surface area contributed by atoms with Gasteiger partial charge in [0.15, 0.2) is 0 Å². The molecule has 0 aliphatic carbocycles. The number of amides is 1. The van der Waals surface area contributed by atoms with Crippen molar-refractivity contribution in [1.29, 1.82) is 0 Å². The van der Waals surface area contributed by atoms with Crippen LogP contribution in [0.15, 0.2) is 18.2 Å². The molecule has 1 rings (SSSR count). The van der Waals surface area contributed by atoms with Gasteiger partial charge in [-0.3, -0.25) is 4.79 Å². The molecule has 0 bridgehead atoms. The van der Waals surface area contributed by atoms with Crippen molar-refractivity contribution in [3.63, 3.8) is 0 Å². The molecule has 1 amide bonds. The number of nitrogens with one attached hydrogen (secondary N) is 2. The maximum absolute atomic E-state index is 11.9. The van der Waals surface area contributed by atoms with Crippen LogP contribution >= 0.6 is 0 Å². The topological polar surface area (TPSA) is 41.1 Å². The van der Waals surface area contributed by atoms with Crippen LogP contribution in [0.2, 0.25) is 0 Å². The van der Waals surface area contributed by atoms with Crippen molar-refractivity contribution in [1.82, 2.24) is 5.32 Å². The van der Waals surface area contributed by atoms with Crippen LogP contribution < -0.4 is 10.6 Å². The Morgan fingerprint density at radius 1 is 1.32 bits per heavy atom. The van der Waals surface area contributed by atoms with Gasteiger partial charge in [0, 0.05) is 18.7 Å². The fraction of sp³-hybridized carbons (Fsp3) is 0.562. The number of aryl methyl sites for hydroxylation is 2. The predicted molar refractivity (Wildman–Crippen MR) is 81.5 cm³/mol. The van der Waals surface area contributed by atoms with Crippen LogP contribution in [0, 0.1) is 12.8 Å². The molecule has 0 fully saturated rings. The SMILES string of the molecule is CCc1cccc(C)c1NC(=O)CCNCC(C)C. The van der Waals surface area contributed by atoms with Gasteiger partial charge >= 0.3 is 0 Å². The smallest absolute Gasteiger partial charge is 0.225 e. The average molecular weight is 262 g/mol. The number of carbonyl (C=O) groups excluding carboxylic acids is 1. The van der Waals surface area contributed by atoms with Crippen LogP contribution in [0.1, 0.15) is 38.3 Å². The lowest BCUT2D eigenvalue weighted by atomic mass is 10.1. The van der Waals surface area contributed by atoms with Gasteiger partial charge in [-0.1, -0.05) is 39.0 Å². The fourth-order valence-corrected chi connectivity index (χ4v) is 2.00. The molecule has 0 radical (unpaired) electrons. The van der Waals surface area contributed by atoms with E-state index in [2.05, 4.69) is 37.5 Å². The average Bonchev–Trinajstić information content (AvgIpc) is 2.37. The Bertz CT molecular complexity index is 413. The lowest BCUT2D eigenvalue weighted by molar-refractivity contribution is -0.116. The summed E-state index contributed by atoms with van der Waals surface area (Å²) >= 11 is 0. The van der Waals surface area contributed by atoms with Crippen LogP contribution in [0.4, 0.5) is 5.69 Å². The molecule has 0 atom stereocenters. The molecule has 3 nitrogen and oxygen atoms in total. The number of para-hydroxylation sites is 1. The van der Waals surface area contributed by atoms with Crippen molar-refractivity contribution in [2.75, 3.05) is 18.4 Å². The molecule has 1 aromatic rings. The van der Waals surface area contributed by atoms with E-state index in [0.717, 1.165) is 30.8 Å². The fourth-order valence-electron chi connectivity index (χ4n) is 2.00. The van der Waals surface area contributed by atoms with Gasteiger partial charge in [-0.05, 0) is 36.9 Å². The van der Waals surface area contributed by atoms with Gasteiger partial charge in [-0.25, -0.2) is 0 Å². The summed E-state index contributed by atoms with van der Waals surface area (Å²) in [6.45, 7) is 10.2. The molecule has 0 saturated heterocycles. The molecule has 0 spiro atoms. The van der Waals surface area contributed by atoms with Crippen LogP contribution in [0.5, 0.6) is 0 Å². The molecule has 0 aromatic heterocycles. The second-order valence-electron chi connectivity index (χ2n) is 5.36. The van der Waals surface area contributed by atoms with Gasteiger partial charge in [0.2, 0.25) is 5.91 Å². The third-order valence-electron chi connectivity index (χ3n) is 3.09. The summed E-state index contributed by atoms with van der Waals surface area (Å²) in [6, 6.07) is 6.14. The van der Waals surface area contributed by atoms with Gasteiger partial charge in [0.05, 0.1) is 0 Å². The second kappa shape index (κ2) is 7.95. The number of carbonyl (C=O) groups is 1. The highest BCUT2D eigenvalue weighted by Crippen LogP contribution is 2.21. The second-order valence-corrected chi connectivity index (χ2v) is 5.36. The Labute approximate surface area is 116 Å². The minimum atomic E-state index is 0.0836. The summed E-state index contributed by atoms with van der Waals surface area (Å²) in [5.74, 6) is 0.700. The Kier molecular flexibility index (Phi) is 6.57. The molecule has 2 N–H and O–H groups in total. The monoisotopic (exact) mass is 262 g/mol. The first-order chi connectivity index (χ1) is 9.04. The number of anilines is 1. The first-order valence-corrected chi connectivity index (χ1v) is 7.13. The summed E-state index contributed by atoms with van der Waals surface area (Å²) < 4.78 is 0. The van der Waals surface area contributed by atoms with Gasteiger partial charge in [0.1, 0.15) is 0 Å². The molecule has 19 heavy (non-hydrogen) atoms. The van der Waals surface area contributed by atoms with Crippen molar-refractivity contribution >= 4 is 11.6 Å².